The molecule has 0 atom stereocenters. The third-order valence-corrected chi connectivity index (χ3v) is 5.12. The van der Waals surface area contributed by atoms with Gasteiger partial charge in [0, 0.05) is 10.7 Å². The van der Waals surface area contributed by atoms with Gasteiger partial charge in [-0.1, -0.05) is 17.7 Å². The highest BCUT2D eigenvalue weighted by Gasteiger charge is 2.17. The van der Waals surface area contributed by atoms with Gasteiger partial charge < -0.3 is 0 Å². The van der Waals surface area contributed by atoms with Crippen molar-refractivity contribution in [3.8, 4) is 0 Å². The second-order valence-electron chi connectivity index (χ2n) is 3.37. The van der Waals surface area contributed by atoms with Gasteiger partial charge in [-0.15, -0.1) is 0 Å². The Morgan fingerprint density at radius 3 is 1.94 bits per heavy atom. The summed E-state index contributed by atoms with van der Waals surface area (Å²) in [6.07, 6.45) is 0. The molecule has 1 aromatic carbocycles. The van der Waals surface area contributed by atoms with Crippen LogP contribution in [0.5, 0.6) is 0 Å². The van der Waals surface area contributed by atoms with Crippen LogP contribution in [-0.4, -0.2) is 28.3 Å². The molecule has 0 aliphatic heterocycles. The molecule has 0 radical (unpaired) electrons. The monoisotopic (exact) mass is 282 g/mol. The number of sulfone groups is 1. The molecule has 0 unspecified atom stereocenters. The lowest BCUT2D eigenvalue weighted by Gasteiger charge is -2.03. The summed E-state index contributed by atoms with van der Waals surface area (Å²) in [5.74, 6) is -1.08. The molecule has 1 aromatic rings. The molecule has 1 rings (SSSR count). The molecule has 0 aromatic heterocycles. The van der Waals surface area contributed by atoms with Crippen molar-refractivity contribution >= 4 is 29.6 Å². The van der Waals surface area contributed by atoms with Crippen molar-refractivity contribution in [3.63, 3.8) is 0 Å². The number of benzene rings is 1. The Morgan fingerprint density at radius 1 is 1.00 bits per heavy atom. The Labute approximate surface area is 99.6 Å². The summed E-state index contributed by atoms with van der Waals surface area (Å²) in [6.45, 7) is 1.83. The minimum absolute atomic E-state index is 0.110. The van der Waals surface area contributed by atoms with Crippen LogP contribution >= 0.6 is 10.7 Å². The molecule has 0 saturated carbocycles. The first kappa shape index (κ1) is 13.5. The normalized spacial score (nSPS) is 12.6. The van der Waals surface area contributed by atoms with Crippen LogP contribution in [0.25, 0.3) is 0 Å². The van der Waals surface area contributed by atoms with Crippen molar-refractivity contribution in [1.29, 1.82) is 0 Å². The van der Waals surface area contributed by atoms with E-state index >= 15 is 0 Å². The first-order chi connectivity index (χ1) is 7.21. The first-order valence-corrected chi connectivity index (χ1v) is 8.55. The van der Waals surface area contributed by atoms with Gasteiger partial charge in [-0.25, -0.2) is 16.8 Å². The molecule has 16 heavy (non-hydrogen) atoms. The third-order valence-electron chi connectivity index (χ3n) is 1.98. The molecule has 7 heteroatoms. The smallest absolute Gasteiger partial charge is 0.224 e. The molecule has 4 nitrogen and oxygen atoms in total. The Bertz CT molecular complexity index is 558. The van der Waals surface area contributed by atoms with Crippen LogP contribution in [0.4, 0.5) is 0 Å². The molecule has 0 aliphatic rings. The Hall–Kier alpha value is -0.590. The van der Waals surface area contributed by atoms with E-state index in [2.05, 4.69) is 0 Å². The van der Waals surface area contributed by atoms with Crippen LogP contribution in [0.1, 0.15) is 5.56 Å². The van der Waals surface area contributed by atoms with Gasteiger partial charge in [0.15, 0.2) is 9.84 Å². The Kier molecular flexibility index (Phi) is 3.98. The maximum atomic E-state index is 11.7. The van der Waals surface area contributed by atoms with E-state index in [1.807, 2.05) is 6.92 Å². The van der Waals surface area contributed by atoms with Crippen molar-refractivity contribution in [3.05, 3.63) is 29.8 Å². The topological polar surface area (TPSA) is 68.3 Å². The summed E-state index contributed by atoms with van der Waals surface area (Å²) in [5, 5.41) is 0. The molecule has 0 N–H and O–H groups in total. The summed E-state index contributed by atoms with van der Waals surface area (Å²) in [7, 11) is -2.39. The summed E-state index contributed by atoms with van der Waals surface area (Å²) < 4.78 is 44.7. The second kappa shape index (κ2) is 4.73. The summed E-state index contributed by atoms with van der Waals surface area (Å²) >= 11 is 0. The fourth-order valence-electron chi connectivity index (χ4n) is 1.07. The molecule has 0 amide bonds. The fourth-order valence-corrected chi connectivity index (χ4v) is 4.10. The highest BCUT2D eigenvalue weighted by molar-refractivity contribution is 8.14. The number of hydrogen-bond donors (Lipinski definition) is 0. The quantitative estimate of drug-likeness (QED) is 0.782. The van der Waals surface area contributed by atoms with Gasteiger partial charge in [0.1, 0.15) is 0 Å². The van der Waals surface area contributed by atoms with Gasteiger partial charge in [0.05, 0.1) is 16.4 Å². The Balaban J connectivity index is 2.91. The summed E-state index contributed by atoms with van der Waals surface area (Å²) in [5.41, 5.74) is 0.934. The number of rotatable bonds is 4. The lowest BCUT2D eigenvalue weighted by Crippen LogP contribution is -2.14. The zero-order valence-electron chi connectivity index (χ0n) is 8.55. The summed E-state index contributed by atoms with van der Waals surface area (Å²) in [4.78, 5) is 0.110. The predicted molar refractivity (Wildman–Crippen MR) is 62.9 cm³/mol. The van der Waals surface area contributed by atoms with E-state index in [9.17, 15) is 16.8 Å². The molecule has 0 heterocycles. The third kappa shape index (κ3) is 4.11. The molecular weight excluding hydrogens is 272 g/mol. The fraction of sp³-hybridized carbons (Fsp3) is 0.333. The van der Waals surface area contributed by atoms with Crippen LogP contribution in [0.2, 0.25) is 0 Å². The summed E-state index contributed by atoms with van der Waals surface area (Å²) in [6, 6.07) is 6.21. The standard InChI is InChI=1S/C9H11ClO4S2/c1-8-2-4-9(5-3-8)15(11,12)6-7-16(10,13)14/h2-5H,6-7H2,1H3. The second-order valence-corrected chi connectivity index (χ2v) is 8.38. The molecule has 90 valence electrons. The van der Waals surface area contributed by atoms with Crippen molar-refractivity contribution in [2.75, 3.05) is 11.5 Å². The van der Waals surface area contributed by atoms with E-state index < -0.39 is 30.4 Å². The van der Waals surface area contributed by atoms with Crippen molar-refractivity contribution in [1.82, 2.24) is 0 Å². The van der Waals surface area contributed by atoms with E-state index in [1.54, 1.807) is 12.1 Å². The van der Waals surface area contributed by atoms with Crippen molar-refractivity contribution < 1.29 is 16.8 Å². The van der Waals surface area contributed by atoms with E-state index in [0.29, 0.717) is 0 Å². The van der Waals surface area contributed by atoms with Gasteiger partial charge in [-0.05, 0) is 19.1 Å². The largest absolute Gasteiger partial charge is 0.233 e. The maximum Gasteiger partial charge on any atom is 0.233 e. The SMILES string of the molecule is Cc1ccc(S(=O)(=O)CCS(=O)(=O)Cl)cc1. The minimum atomic E-state index is -3.78. The van der Waals surface area contributed by atoms with E-state index in [4.69, 9.17) is 10.7 Å². The van der Waals surface area contributed by atoms with Crippen LogP contribution in [0, 0.1) is 6.92 Å². The van der Waals surface area contributed by atoms with E-state index in [-0.39, 0.29) is 4.90 Å². The van der Waals surface area contributed by atoms with Gasteiger partial charge in [0.2, 0.25) is 9.05 Å². The predicted octanol–water partition coefficient (Wildman–Crippen LogP) is 1.34. The molecule has 0 fully saturated rings. The van der Waals surface area contributed by atoms with Crippen molar-refractivity contribution in [2.45, 2.75) is 11.8 Å². The highest BCUT2D eigenvalue weighted by Crippen LogP contribution is 2.13. The van der Waals surface area contributed by atoms with Crippen LogP contribution < -0.4 is 0 Å². The van der Waals surface area contributed by atoms with E-state index in [1.165, 1.54) is 12.1 Å². The van der Waals surface area contributed by atoms with Crippen LogP contribution in [0.15, 0.2) is 29.2 Å². The van der Waals surface area contributed by atoms with Crippen LogP contribution in [-0.2, 0) is 18.9 Å². The lowest BCUT2D eigenvalue weighted by molar-refractivity contribution is 0.592. The zero-order valence-corrected chi connectivity index (χ0v) is 10.9. The highest BCUT2D eigenvalue weighted by atomic mass is 35.7. The average Bonchev–Trinajstić information content (AvgIpc) is 2.15. The number of hydrogen-bond acceptors (Lipinski definition) is 4. The zero-order chi connectivity index (χ0) is 12.4. The van der Waals surface area contributed by atoms with Gasteiger partial charge in [0.25, 0.3) is 0 Å². The van der Waals surface area contributed by atoms with Gasteiger partial charge in [-0.3, -0.25) is 0 Å². The average molecular weight is 283 g/mol. The number of aryl methyl sites for hydroxylation is 1. The Morgan fingerprint density at radius 2 is 1.50 bits per heavy atom. The number of halogens is 1. The van der Waals surface area contributed by atoms with Crippen LogP contribution in [0.3, 0.4) is 0 Å². The van der Waals surface area contributed by atoms with Crippen molar-refractivity contribution in [2.24, 2.45) is 0 Å². The lowest BCUT2D eigenvalue weighted by atomic mass is 10.2. The van der Waals surface area contributed by atoms with Gasteiger partial charge >= 0.3 is 0 Å². The first-order valence-electron chi connectivity index (χ1n) is 4.42. The molecule has 0 aliphatic carbocycles. The molecule has 0 spiro atoms. The minimum Gasteiger partial charge on any atom is -0.224 e. The molecular formula is C9H11ClO4S2. The molecule has 0 saturated heterocycles. The van der Waals surface area contributed by atoms with Gasteiger partial charge in [-0.2, -0.15) is 0 Å². The van der Waals surface area contributed by atoms with E-state index in [0.717, 1.165) is 5.56 Å². The maximum absolute atomic E-state index is 11.7. The molecule has 0 bridgehead atoms.